The number of carbonyl (C=O) groups excluding carboxylic acids is 1. The van der Waals surface area contributed by atoms with E-state index in [9.17, 15) is 4.79 Å². The standard InChI is InChI=1S/C12H10N4O2/c13-3-4-16-6-10(15-12(16)17)8-1-2-9-11(5-8)18-7-14-9/h1-2,5,7,10H,4,6H2,(H,15,17). The van der Waals surface area contributed by atoms with E-state index in [0.29, 0.717) is 12.1 Å². The number of nitriles is 1. The fraction of sp³-hybridized carbons (Fsp3) is 0.250. The summed E-state index contributed by atoms with van der Waals surface area (Å²) in [7, 11) is 0. The Labute approximate surface area is 103 Å². The number of rotatable bonds is 2. The molecule has 0 spiro atoms. The number of fused-ring (bicyclic) bond motifs is 1. The topological polar surface area (TPSA) is 82.2 Å². The average Bonchev–Trinajstić information content (AvgIpc) is 2.96. The highest BCUT2D eigenvalue weighted by molar-refractivity contribution is 5.78. The van der Waals surface area contributed by atoms with Crippen molar-refractivity contribution in [3.8, 4) is 6.07 Å². The van der Waals surface area contributed by atoms with Crippen molar-refractivity contribution in [2.45, 2.75) is 6.04 Å². The van der Waals surface area contributed by atoms with Gasteiger partial charge in [0.1, 0.15) is 12.1 Å². The molecule has 1 saturated heterocycles. The van der Waals surface area contributed by atoms with E-state index in [-0.39, 0.29) is 18.6 Å². The van der Waals surface area contributed by atoms with Crippen LogP contribution >= 0.6 is 0 Å². The fourth-order valence-corrected chi connectivity index (χ4v) is 2.09. The molecule has 0 saturated carbocycles. The molecule has 2 aromatic rings. The van der Waals surface area contributed by atoms with Gasteiger partial charge in [0.2, 0.25) is 0 Å². The molecular formula is C12H10N4O2. The number of hydrogen-bond donors (Lipinski definition) is 1. The number of benzene rings is 1. The summed E-state index contributed by atoms with van der Waals surface area (Å²) in [5, 5.41) is 11.5. The van der Waals surface area contributed by atoms with Crippen LogP contribution in [0.15, 0.2) is 29.0 Å². The lowest BCUT2D eigenvalue weighted by Crippen LogP contribution is -2.28. The van der Waals surface area contributed by atoms with Crippen LogP contribution in [-0.4, -0.2) is 29.0 Å². The Morgan fingerprint density at radius 3 is 3.33 bits per heavy atom. The Morgan fingerprint density at radius 1 is 1.61 bits per heavy atom. The zero-order chi connectivity index (χ0) is 12.5. The van der Waals surface area contributed by atoms with Gasteiger partial charge in [0.15, 0.2) is 12.0 Å². The van der Waals surface area contributed by atoms with E-state index in [1.165, 1.54) is 11.3 Å². The molecule has 1 aromatic heterocycles. The van der Waals surface area contributed by atoms with Gasteiger partial charge in [-0.1, -0.05) is 6.07 Å². The third-order valence-electron chi connectivity index (χ3n) is 3.01. The summed E-state index contributed by atoms with van der Waals surface area (Å²) < 4.78 is 5.23. The summed E-state index contributed by atoms with van der Waals surface area (Å²) in [4.78, 5) is 17.1. The smallest absolute Gasteiger partial charge is 0.318 e. The Hall–Kier alpha value is -2.55. The third-order valence-corrected chi connectivity index (χ3v) is 3.01. The minimum absolute atomic E-state index is 0.104. The molecule has 1 atom stereocenters. The summed E-state index contributed by atoms with van der Waals surface area (Å²) in [6, 6.07) is 7.28. The van der Waals surface area contributed by atoms with Crippen LogP contribution in [0.25, 0.3) is 11.1 Å². The number of oxazole rings is 1. The van der Waals surface area contributed by atoms with Crippen LogP contribution in [-0.2, 0) is 0 Å². The molecule has 2 amide bonds. The zero-order valence-corrected chi connectivity index (χ0v) is 9.46. The maximum atomic E-state index is 11.6. The number of nitrogens with one attached hydrogen (secondary N) is 1. The van der Waals surface area contributed by atoms with Gasteiger partial charge < -0.3 is 14.6 Å². The van der Waals surface area contributed by atoms with Gasteiger partial charge in [-0.2, -0.15) is 5.26 Å². The van der Waals surface area contributed by atoms with E-state index in [4.69, 9.17) is 9.68 Å². The number of carbonyl (C=O) groups is 1. The molecule has 1 aliphatic rings. The van der Waals surface area contributed by atoms with Crippen LogP contribution in [0.4, 0.5) is 4.79 Å². The Balaban J connectivity index is 1.87. The predicted molar refractivity (Wildman–Crippen MR) is 62.5 cm³/mol. The molecule has 1 aliphatic heterocycles. The van der Waals surface area contributed by atoms with E-state index in [1.807, 2.05) is 24.3 Å². The number of hydrogen-bond acceptors (Lipinski definition) is 4. The second-order valence-corrected chi connectivity index (χ2v) is 4.12. The van der Waals surface area contributed by atoms with E-state index in [2.05, 4.69) is 10.3 Å². The van der Waals surface area contributed by atoms with Gasteiger partial charge in [-0.3, -0.25) is 0 Å². The van der Waals surface area contributed by atoms with Crippen LogP contribution in [0.1, 0.15) is 11.6 Å². The van der Waals surface area contributed by atoms with Gasteiger partial charge in [0, 0.05) is 6.54 Å². The SMILES string of the molecule is N#CCN1CC(c2ccc3ncoc3c2)NC1=O. The molecule has 0 radical (unpaired) electrons. The van der Waals surface area contributed by atoms with Crippen molar-refractivity contribution >= 4 is 17.1 Å². The Morgan fingerprint density at radius 2 is 2.50 bits per heavy atom. The summed E-state index contributed by atoms with van der Waals surface area (Å²) in [5.41, 5.74) is 2.44. The maximum Gasteiger partial charge on any atom is 0.318 e. The second-order valence-electron chi connectivity index (χ2n) is 4.12. The normalized spacial score (nSPS) is 18.9. The summed E-state index contributed by atoms with van der Waals surface area (Å²) in [6.07, 6.45) is 1.39. The largest absolute Gasteiger partial charge is 0.443 e. The van der Waals surface area contributed by atoms with Crippen LogP contribution in [0.2, 0.25) is 0 Å². The van der Waals surface area contributed by atoms with Gasteiger partial charge in [-0.15, -0.1) is 0 Å². The second kappa shape index (κ2) is 4.04. The summed E-state index contributed by atoms with van der Waals surface area (Å²) in [5.74, 6) is 0. The fourth-order valence-electron chi connectivity index (χ4n) is 2.09. The van der Waals surface area contributed by atoms with Gasteiger partial charge >= 0.3 is 6.03 Å². The lowest BCUT2D eigenvalue weighted by atomic mass is 10.1. The van der Waals surface area contributed by atoms with Crippen molar-refractivity contribution in [2.24, 2.45) is 0 Å². The summed E-state index contributed by atoms with van der Waals surface area (Å²) in [6.45, 7) is 0.596. The van der Waals surface area contributed by atoms with E-state index in [1.54, 1.807) is 0 Å². The predicted octanol–water partition coefficient (Wildman–Crippen LogP) is 1.42. The quantitative estimate of drug-likeness (QED) is 0.807. The number of nitrogens with zero attached hydrogens (tertiary/aromatic N) is 3. The Bertz CT molecular complexity index is 643. The molecule has 1 aromatic carbocycles. The molecule has 90 valence electrons. The molecule has 0 bridgehead atoms. The molecular weight excluding hydrogens is 232 g/mol. The first-order valence-electron chi connectivity index (χ1n) is 5.53. The van der Waals surface area contributed by atoms with Crippen LogP contribution in [0.5, 0.6) is 0 Å². The van der Waals surface area contributed by atoms with E-state index >= 15 is 0 Å². The Kier molecular flexibility index (Phi) is 2.38. The molecule has 6 nitrogen and oxygen atoms in total. The van der Waals surface area contributed by atoms with Crippen molar-refractivity contribution in [2.75, 3.05) is 13.1 Å². The average molecular weight is 242 g/mol. The lowest BCUT2D eigenvalue weighted by Gasteiger charge is -2.10. The summed E-state index contributed by atoms with van der Waals surface area (Å²) >= 11 is 0. The maximum absolute atomic E-state index is 11.6. The van der Waals surface area contributed by atoms with Gasteiger partial charge in [0.05, 0.1) is 12.1 Å². The number of aromatic nitrogens is 1. The van der Waals surface area contributed by atoms with Gasteiger partial charge in [0.25, 0.3) is 0 Å². The minimum atomic E-state index is -0.209. The molecule has 0 aliphatic carbocycles. The first kappa shape index (κ1) is 10.6. The van der Waals surface area contributed by atoms with Crippen molar-refractivity contribution < 1.29 is 9.21 Å². The third kappa shape index (κ3) is 1.66. The molecule has 3 rings (SSSR count). The highest BCUT2D eigenvalue weighted by Gasteiger charge is 2.29. The highest BCUT2D eigenvalue weighted by Crippen LogP contribution is 2.23. The van der Waals surface area contributed by atoms with Crippen molar-refractivity contribution in [3.63, 3.8) is 0 Å². The van der Waals surface area contributed by atoms with Gasteiger partial charge in [-0.25, -0.2) is 9.78 Å². The molecule has 1 N–H and O–H groups in total. The molecule has 18 heavy (non-hydrogen) atoms. The van der Waals surface area contributed by atoms with E-state index < -0.39 is 0 Å². The minimum Gasteiger partial charge on any atom is -0.443 e. The van der Waals surface area contributed by atoms with Crippen molar-refractivity contribution in [3.05, 3.63) is 30.2 Å². The monoisotopic (exact) mass is 242 g/mol. The van der Waals surface area contributed by atoms with Crippen LogP contribution in [0.3, 0.4) is 0 Å². The van der Waals surface area contributed by atoms with Crippen LogP contribution < -0.4 is 5.32 Å². The zero-order valence-electron chi connectivity index (χ0n) is 9.46. The molecule has 6 heteroatoms. The molecule has 1 fully saturated rings. The first-order valence-corrected chi connectivity index (χ1v) is 5.53. The van der Waals surface area contributed by atoms with Gasteiger partial charge in [-0.05, 0) is 17.7 Å². The van der Waals surface area contributed by atoms with Crippen LogP contribution in [0, 0.1) is 11.3 Å². The number of urea groups is 1. The highest BCUT2D eigenvalue weighted by atomic mass is 16.3. The van der Waals surface area contributed by atoms with Crippen molar-refractivity contribution in [1.82, 2.24) is 15.2 Å². The molecule has 2 heterocycles. The number of amides is 2. The lowest BCUT2D eigenvalue weighted by molar-refractivity contribution is 0.222. The molecule has 1 unspecified atom stereocenters. The van der Waals surface area contributed by atoms with Crippen molar-refractivity contribution in [1.29, 1.82) is 5.26 Å². The van der Waals surface area contributed by atoms with E-state index in [0.717, 1.165) is 11.1 Å². The first-order chi connectivity index (χ1) is 8.78.